The zero-order valence-electron chi connectivity index (χ0n) is 16.8. The standard InChI is InChI=1S/C21H27N3O5/c1-27-17-5-3-2-4-16(17)18-19(23-10-14-29-15-11-23)21(26)24(20(18)25)7-6-22-8-12-28-13-9-22/h2-5H,6-15H2,1H3. The van der Waals surface area contributed by atoms with Crippen molar-refractivity contribution in [3.8, 4) is 5.75 Å². The molecule has 0 aromatic heterocycles. The van der Waals surface area contributed by atoms with E-state index in [1.165, 1.54) is 4.90 Å². The van der Waals surface area contributed by atoms with Gasteiger partial charge in [-0.2, -0.15) is 0 Å². The number of rotatable bonds is 6. The highest BCUT2D eigenvalue weighted by Crippen LogP contribution is 2.36. The van der Waals surface area contributed by atoms with Crippen LogP contribution in [0.3, 0.4) is 0 Å². The molecule has 0 unspecified atom stereocenters. The Hall–Kier alpha value is -2.42. The smallest absolute Gasteiger partial charge is 0.277 e. The van der Waals surface area contributed by atoms with Gasteiger partial charge in [0.1, 0.15) is 11.4 Å². The zero-order valence-corrected chi connectivity index (χ0v) is 16.8. The van der Waals surface area contributed by atoms with Crippen LogP contribution in [0.15, 0.2) is 30.0 Å². The molecule has 0 saturated carbocycles. The molecule has 0 radical (unpaired) electrons. The largest absolute Gasteiger partial charge is 0.496 e. The summed E-state index contributed by atoms with van der Waals surface area (Å²) in [5.74, 6) is 0.102. The molecule has 156 valence electrons. The molecule has 2 fully saturated rings. The Morgan fingerprint density at radius 2 is 1.55 bits per heavy atom. The molecule has 1 aromatic carbocycles. The van der Waals surface area contributed by atoms with Crippen molar-refractivity contribution in [3.63, 3.8) is 0 Å². The number of imide groups is 1. The van der Waals surface area contributed by atoms with E-state index < -0.39 is 0 Å². The third kappa shape index (κ3) is 4.01. The van der Waals surface area contributed by atoms with Gasteiger partial charge in [-0.15, -0.1) is 0 Å². The summed E-state index contributed by atoms with van der Waals surface area (Å²) < 4.78 is 16.3. The lowest BCUT2D eigenvalue weighted by atomic mass is 10.0. The summed E-state index contributed by atoms with van der Waals surface area (Å²) in [4.78, 5) is 32.3. The van der Waals surface area contributed by atoms with Gasteiger partial charge in [0.15, 0.2) is 0 Å². The van der Waals surface area contributed by atoms with E-state index in [-0.39, 0.29) is 11.8 Å². The lowest BCUT2D eigenvalue weighted by molar-refractivity contribution is -0.138. The van der Waals surface area contributed by atoms with Crippen molar-refractivity contribution in [1.29, 1.82) is 0 Å². The van der Waals surface area contributed by atoms with Crippen molar-refractivity contribution in [2.75, 3.05) is 72.8 Å². The summed E-state index contributed by atoms with van der Waals surface area (Å²) >= 11 is 0. The van der Waals surface area contributed by atoms with E-state index in [1.807, 2.05) is 29.2 Å². The van der Waals surface area contributed by atoms with Gasteiger partial charge >= 0.3 is 0 Å². The lowest BCUT2D eigenvalue weighted by Crippen LogP contribution is -2.44. The monoisotopic (exact) mass is 401 g/mol. The molecule has 1 aromatic rings. The molecule has 4 rings (SSSR count). The predicted octanol–water partition coefficient (Wildman–Crippen LogP) is 0.440. The number of amides is 2. The quantitative estimate of drug-likeness (QED) is 0.641. The Morgan fingerprint density at radius 3 is 2.24 bits per heavy atom. The Labute approximate surface area is 170 Å². The van der Waals surface area contributed by atoms with Crippen LogP contribution in [0.5, 0.6) is 5.75 Å². The van der Waals surface area contributed by atoms with Crippen molar-refractivity contribution in [2.24, 2.45) is 0 Å². The van der Waals surface area contributed by atoms with Crippen molar-refractivity contribution < 1.29 is 23.8 Å². The number of carbonyl (C=O) groups excluding carboxylic acids is 2. The van der Waals surface area contributed by atoms with E-state index >= 15 is 0 Å². The maximum atomic E-state index is 13.4. The summed E-state index contributed by atoms with van der Waals surface area (Å²) in [5, 5.41) is 0. The molecule has 29 heavy (non-hydrogen) atoms. The molecule has 0 spiro atoms. The van der Waals surface area contributed by atoms with Gasteiger partial charge in [0.2, 0.25) is 0 Å². The number of benzene rings is 1. The Kier molecular flexibility index (Phi) is 6.13. The fourth-order valence-electron chi connectivity index (χ4n) is 4.01. The third-order valence-corrected chi connectivity index (χ3v) is 5.59. The van der Waals surface area contributed by atoms with Crippen LogP contribution in [0.4, 0.5) is 0 Å². The van der Waals surface area contributed by atoms with Gasteiger partial charge in [-0.3, -0.25) is 19.4 Å². The molecule has 2 amide bonds. The zero-order chi connectivity index (χ0) is 20.2. The maximum Gasteiger partial charge on any atom is 0.277 e. The van der Waals surface area contributed by atoms with Gasteiger partial charge in [0, 0.05) is 44.8 Å². The number of morpholine rings is 2. The molecule has 8 heteroatoms. The van der Waals surface area contributed by atoms with E-state index in [1.54, 1.807) is 7.11 Å². The first-order chi connectivity index (χ1) is 14.2. The molecule has 0 bridgehead atoms. The van der Waals surface area contributed by atoms with E-state index in [9.17, 15) is 9.59 Å². The van der Waals surface area contributed by atoms with Crippen LogP contribution >= 0.6 is 0 Å². The minimum Gasteiger partial charge on any atom is -0.496 e. The van der Waals surface area contributed by atoms with Gasteiger partial charge < -0.3 is 19.1 Å². The molecule has 2 saturated heterocycles. The number of methoxy groups -OCH3 is 1. The number of hydrogen-bond acceptors (Lipinski definition) is 7. The van der Waals surface area contributed by atoms with E-state index in [0.29, 0.717) is 75.2 Å². The first-order valence-corrected chi connectivity index (χ1v) is 10.1. The van der Waals surface area contributed by atoms with Crippen LogP contribution in [0.1, 0.15) is 5.56 Å². The summed E-state index contributed by atoms with van der Waals surface area (Å²) in [7, 11) is 1.57. The Balaban J connectivity index is 1.64. The van der Waals surface area contributed by atoms with Crippen molar-refractivity contribution in [1.82, 2.24) is 14.7 Å². The molecular formula is C21H27N3O5. The third-order valence-electron chi connectivity index (χ3n) is 5.59. The van der Waals surface area contributed by atoms with Gasteiger partial charge in [-0.05, 0) is 6.07 Å². The van der Waals surface area contributed by atoms with Crippen LogP contribution in [0.2, 0.25) is 0 Å². The second kappa shape index (κ2) is 8.94. The summed E-state index contributed by atoms with van der Waals surface area (Å²) in [6.45, 7) is 6.28. The molecule has 0 N–H and O–H groups in total. The van der Waals surface area contributed by atoms with Gasteiger partial charge in [0.05, 0.1) is 39.1 Å². The number of nitrogens with zero attached hydrogens (tertiary/aromatic N) is 3. The van der Waals surface area contributed by atoms with Crippen molar-refractivity contribution in [3.05, 3.63) is 35.5 Å². The summed E-state index contributed by atoms with van der Waals surface area (Å²) in [6.07, 6.45) is 0. The maximum absolute atomic E-state index is 13.4. The molecule has 3 aliphatic rings. The predicted molar refractivity (Wildman–Crippen MR) is 106 cm³/mol. The summed E-state index contributed by atoms with van der Waals surface area (Å²) in [5.41, 5.74) is 1.55. The fraction of sp³-hybridized carbons (Fsp3) is 0.524. The number of ether oxygens (including phenoxy) is 3. The fourth-order valence-corrected chi connectivity index (χ4v) is 4.01. The molecule has 0 atom stereocenters. The molecular weight excluding hydrogens is 374 g/mol. The van der Waals surface area contributed by atoms with Gasteiger partial charge in [0.25, 0.3) is 11.8 Å². The highest BCUT2D eigenvalue weighted by Gasteiger charge is 2.42. The van der Waals surface area contributed by atoms with Crippen LogP contribution < -0.4 is 4.74 Å². The molecule has 0 aliphatic carbocycles. The van der Waals surface area contributed by atoms with Gasteiger partial charge in [-0.1, -0.05) is 18.2 Å². The average molecular weight is 401 g/mol. The number of carbonyl (C=O) groups is 2. The second-order valence-electron chi connectivity index (χ2n) is 7.24. The minimum atomic E-state index is -0.255. The van der Waals surface area contributed by atoms with E-state index in [4.69, 9.17) is 14.2 Å². The van der Waals surface area contributed by atoms with Gasteiger partial charge in [-0.25, -0.2) is 0 Å². The van der Waals surface area contributed by atoms with Crippen LogP contribution in [-0.2, 0) is 19.1 Å². The Bertz CT molecular complexity index is 797. The first-order valence-electron chi connectivity index (χ1n) is 10.1. The summed E-state index contributed by atoms with van der Waals surface area (Å²) in [6, 6.07) is 7.36. The van der Waals surface area contributed by atoms with E-state index in [2.05, 4.69) is 4.90 Å². The number of para-hydroxylation sites is 1. The average Bonchev–Trinajstić information content (AvgIpc) is 3.03. The lowest BCUT2D eigenvalue weighted by Gasteiger charge is -2.30. The molecule has 8 nitrogen and oxygen atoms in total. The number of hydrogen-bond donors (Lipinski definition) is 0. The highest BCUT2D eigenvalue weighted by molar-refractivity contribution is 6.36. The van der Waals surface area contributed by atoms with E-state index in [0.717, 1.165) is 13.1 Å². The first kappa shape index (κ1) is 19.9. The molecule has 3 heterocycles. The van der Waals surface area contributed by atoms with Crippen LogP contribution in [-0.4, -0.2) is 99.3 Å². The topological polar surface area (TPSA) is 71.6 Å². The van der Waals surface area contributed by atoms with Crippen molar-refractivity contribution >= 4 is 17.4 Å². The Morgan fingerprint density at radius 1 is 0.897 bits per heavy atom. The highest BCUT2D eigenvalue weighted by atomic mass is 16.5. The minimum absolute atomic E-state index is 0.230. The molecule has 3 aliphatic heterocycles. The van der Waals surface area contributed by atoms with Crippen LogP contribution in [0.25, 0.3) is 5.57 Å². The van der Waals surface area contributed by atoms with Crippen molar-refractivity contribution in [2.45, 2.75) is 0 Å². The normalized spacial score (nSPS) is 21.3. The van der Waals surface area contributed by atoms with Crippen LogP contribution in [0, 0.1) is 0 Å². The second-order valence-corrected chi connectivity index (χ2v) is 7.24. The SMILES string of the molecule is COc1ccccc1C1=C(N2CCOCC2)C(=O)N(CCN2CCOCC2)C1=O.